The maximum atomic E-state index is 12.3. The summed E-state index contributed by atoms with van der Waals surface area (Å²) in [5.41, 5.74) is 6.71. The molecule has 0 spiro atoms. The van der Waals surface area contributed by atoms with Crippen molar-refractivity contribution in [1.82, 2.24) is 4.90 Å². The van der Waals surface area contributed by atoms with Crippen molar-refractivity contribution in [2.24, 2.45) is 0 Å². The van der Waals surface area contributed by atoms with Gasteiger partial charge >= 0.3 is 0 Å². The van der Waals surface area contributed by atoms with E-state index >= 15 is 0 Å². The van der Waals surface area contributed by atoms with E-state index in [0.29, 0.717) is 22.8 Å². The van der Waals surface area contributed by atoms with Gasteiger partial charge in [0.05, 0.1) is 10.7 Å². The predicted octanol–water partition coefficient (Wildman–Crippen LogP) is 3.18. The molecular weight excluding hydrogens is 236 g/mol. The number of nitrogens with two attached hydrogens (primary N) is 1. The number of hydrogen-bond acceptors (Lipinski definition) is 2. The van der Waals surface area contributed by atoms with Crippen LogP contribution in [0.25, 0.3) is 0 Å². The lowest BCUT2D eigenvalue weighted by Crippen LogP contribution is -2.38. The Morgan fingerprint density at radius 1 is 1.47 bits per heavy atom. The molecule has 1 rings (SSSR count). The molecule has 0 aromatic heterocycles. The first kappa shape index (κ1) is 13.8. The minimum absolute atomic E-state index is 0.00347. The number of benzene rings is 1. The monoisotopic (exact) mass is 254 g/mol. The maximum absolute atomic E-state index is 12.3. The average molecular weight is 255 g/mol. The van der Waals surface area contributed by atoms with Crippen LogP contribution in [0.4, 0.5) is 5.69 Å². The molecule has 0 bridgehead atoms. The van der Waals surface area contributed by atoms with Crippen LogP contribution in [0, 0.1) is 0 Å². The summed E-state index contributed by atoms with van der Waals surface area (Å²) >= 11 is 5.92. The smallest absolute Gasteiger partial charge is 0.254 e. The van der Waals surface area contributed by atoms with E-state index < -0.39 is 0 Å². The van der Waals surface area contributed by atoms with Crippen molar-refractivity contribution in [2.45, 2.75) is 33.2 Å². The molecule has 94 valence electrons. The lowest BCUT2D eigenvalue weighted by molar-refractivity contribution is 0.0700. The topological polar surface area (TPSA) is 46.3 Å². The van der Waals surface area contributed by atoms with Gasteiger partial charge in [0.2, 0.25) is 0 Å². The maximum Gasteiger partial charge on any atom is 0.254 e. The van der Waals surface area contributed by atoms with Crippen molar-refractivity contribution in [3.05, 3.63) is 28.8 Å². The highest BCUT2D eigenvalue weighted by Gasteiger charge is 2.19. The van der Waals surface area contributed by atoms with Crippen molar-refractivity contribution in [2.75, 3.05) is 12.3 Å². The Morgan fingerprint density at radius 2 is 2.12 bits per heavy atom. The van der Waals surface area contributed by atoms with Gasteiger partial charge in [-0.05, 0) is 38.5 Å². The van der Waals surface area contributed by atoms with E-state index in [9.17, 15) is 4.79 Å². The van der Waals surface area contributed by atoms with Gasteiger partial charge in [0.25, 0.3) is 5.91 Å². The number of nitrogen functional groups attached to an aromatic ring is 1. The van der Waals surface area contributed by atoms with Gasteiger partial charge in [-0.2, -0.15) is 0 Å². The van der Waals surface area contributed by atoms with Crippen LogP contribution in [0.2, 0.25) is 5.02 Å². The molecule has 0 aliphatic carbocycles. The van der Waals surface area contributed by atoms with Gasteiger partial charge in [-0.25, -0.2) is 0 Å². The Hall–Kier alpha value is -1.22. The van der Waals surface area contributed by atoms with Crippen LogP contribution >= 0.6 is 11.6 Å². The first-order chi connectivity index (χ1) is 8.01. The molecule has 4 heteroatoms. The van der Waals surface area contributed by atoms with Crippen molar-refractivity contribution in [1.29, 1.82) is 0 Å². The minimum atomic E-state index is 0.00347. The molecule has 1 aromatic carbocycles. The third-order valence-electron chi connectivity index (χ3n) is 2.97. The average Bonchev–Trinajstić information content (AvgIpc) is 2.33. The number of amides is 1. The molecule has 1 amide bonds. The van der Waals surface area contributed by atoms with Crippen LogP contribution in [0.5, 0.6) is 0 Å². The molecule has 1 aromatic rings. The molecule has 0 heterocycles. The number of halogens is 1. The number of hydrogen-bond donors (Lipinski definition) is 1. The summed E-state index contributed by atoms with van der Waals surface area (Å²) in [5, 5.41) is 0.427. The van der Waals surface area contributed by atoms with E-state index in [1.165, 1.54) is 0 Å². The molecule has 1 atom stereocenters. The van der Waals surface area contributed by atoms with Gasteiger partial charge in [-0.15, -0.1) is 0 Å². The molecular formula is C13H19ClN2O. The summed E-state index contributed by atoms with van der Waals surface area (Å²) in [4.78, 5) is 14.1. The van der Waals surface area contributed by atoms with Gasteiger partial charge in [0.1, 0.15) is 0 Å². The first-order valence-corrected chi connectivity index (χ1v) is 6.25. The van der Waals surface area contributed by atoms with E-state index in [0.717, 1.165) is 6.42 Å². The van der Waals surface area contributed by atoms with Gasteiger partial charge < -0.3 is 10.6 Å². The summed E-state index contributed by atoms with van der Waals surface area (Å²) in [6.07, 6.45) is 0.933. The lowest BCUT2D eigenvalue weighted by Gasteiger charge is -2.27. The van der Waals surface area contributed by atoms with Gasteiger partial charge in [-0.3, -0.25) is 4.79 Å². The molecule has 17 heavy (non-hydrogen) atoms. The molecule has 3 nitrogen and oxygen atoms in total. The van der Waals surface area contributed by atoms with E-state index in [2.05, 4.69) is 6.92 Å². The SMILES string of the molecule is CCC(C)N(CC)C(=O)c1ccc(N)c(Cl)c1. The molecule has 0 fully saturated rings. The quantitative estimate of drug-likeness (QED) is 0.839. The normalized spacial score (nSPS) is 12.2. The first-order valence-electron chi connectivity index (χ1n) is 5.87. The Kier molecular flexibility index (Phi) is 4.82. The number of nitrogens with zero attached hydrogens (tertiary/aromatic N) is 1. The molecule has 0 saturated carbocycles. The zero-order valence-corrected chi connectivity index (χ0v) is 11.3. The summed E-state index contributed by atoms with van der Waals surface area (Å²) in [5.74, 6) is 0.00347. The van der Waals surface area contributed by atoms with Gasteiger partial charge in [0.15, 0.2) is 0 Å². The number of carbonyl (C=O) groups excluding carboxylic acids is 1. The van der Waals surface area contributed by atoms with E-state index in [1.54, 1.807) is 18.2 Å². The minimum Gasteiger partial charge on any atom is -0.398 e. The van der Waals surface area contributed by atoms with Crippen molar-refractivity contribution < 1.29 is 4.79 Å². The van der Waals surface area contributed by atoms with E-state index in [1.807, 2.05) is 18.7 Å². The van der Waals surface area contributed by atoms with Gasteiger partial charge in [-0.1, -0.05) is 18.5 Å². The second-order valence-electron chi connectivity index (χ2n) is 4.08. The van der Waals surface area contributed by atoms with Crippen LogP contribution in [-0.2, 0) is 0 Å². The fourth-order valence-electron chi connectivity index (χ4n) is 1.70. The highest BCUT2D eigenvalue weighted by Crippen LogP contribution is 2.21. The van der Waals surface area contributed by atoms with Gasteiger partial charge in [0, 0.05) is 18.2 Å². The number of rotatable bonds is 4. The summed E-state index contributed by atoms with van der Waals surface area (Å²) in [7, 11) is 0. The van der Waals surface area contributed by atoms with Crippen molar-refractivity contribution >= 4 is 23.2 Å². The fraction of sp³-hybridized carbons (Fsp3) is 0.462. The second-order valence-corrected chi connectivity index (χ2v) is 4.49. The third kappa shape index (κ3) is 3.13. The van der Waals surface area contributed by atoms with E-state index in [4.69, 9.17) is 17.3 Å². The standard InChI is InChI=1S/C13H19ClN2O/c1-4-9(3)16(5-2)13(17)10-6-7-12(15)11(14)8-10/h6-9H,4-5,15H2,1-3H3. The zero-order chi connectivity index (χ0) is 13.0. The highest BCUT2D eigenvalue weighted by molar-refractivity contribution is 6.33. The molecule has 0 aliphatic heterocycles. The number of carbonyl (C=O) groups is 1. The second kappa shape index (κ2) is 5.92. The summed E-state index contributed by atoms with van der Waals surface area (Å²) in [6.45, 7) is 6.77. The third-order valence-corrected chi connectivity index (χ3v) is 3.30. The Morgan fingerprint density at radius 3 is 2.59 bits per heavy atom. The largest absolute Gasteiger partial charge is 0.398 e. The Labute approximate surface area is 108 Å². The number of anilines is 1. The fourth-order valence-corrected chi connectivity index (χ4v) is 1.88. The Balaban J connectivity index is 2.98. The van der Waals surface area contributed by atoms with Crippen molar-refractivity contribution in [3.8, 4) is 0 Å². The molecule has 0 saturated heterocycles. The molecule has 2 N–H and O–H groups in total. The zero-order valence-electron chi connectivity index (χ0n) is 10.5. The highest BCUT2D eigenvalue weighted by atomic mass is 35.5. The van der Waals surface area contributed by atoms with Crippen LogP contribution in [0.15, 0.2) is 18.2 Å². The molecule has 0 radical (unpaired) electrons. The van der Waals surface area contributed by atoms with E-state index in [-0.39, 0.29) is 11.9 Å². The summed E-state index contributed by atoms with van der Waals surface area (Å²) < 4.78 is 0. The molecule has 1 unspecified atom stereocenters. The molecule has 0 aliphatic rings. The summed E-state index contributed by atoms with van der Waals surface area (Å²) in [6, 6.07) is 5.24. The Bertz CT molecular complexity index is 406. The predicted molar refractivity (Wildman–Crippen MR) is 72.3 cm³/mol. The van der Waals surface area contributed by atoms with Crippen molar-refractivity contribution in [3.63, 3.8) is 0 Å². The van der Waals surface area contributed by atoms with Crippen LogP contribution < -0.4 is 5.73 Å². The van der Waals surface area contributed by atoms with Crippen LogP contribution in [0.1, 0.15) is 37.6 Å². The van der Waals surface area contributed by atoms with Crippen LogP contribution in [0.3, 0.4) is 0 Å². The lowest BCUT2D eigenvalue weighted by atomic mass is 10.1. The van der Waals surface area contributed by atoms with Crippen LogP contribution in [-0.4, -0.2) is 23.4 Å².